The van der Waals surface area contributed by atoms with Gasteiger partial charge in [-0.2, -0.15) is 0 Å². The van der Waals surface area contributed by atoms with Crippen LogP contribution in [-0.2, 0) is 9.84 Å². The molecular weight excluding hydrogens is 256 g/mol. The summed E-state index contributed by atoms with van der Waals surface area (Å²) in [6.45, 7) is 1.89. The van der Waals surface area contributed by atoms with E-state index in [9.17, 15) is 8.42 Å². The predicted octanol–water partition coefficient (Wildman–Crippen LogP) is 2.29. The maximum atomic E-state index is 11.9. The Morgan fingerprint density at radius 3 is 2.76 bits per heavy atom. The summed E-state index contributed by atoms with van der Waals surface area (Å²) in [7, 11) is -3.26. The van der Waals surface area contributed by atoms with Crippen molar-refractivity contribution < 1.29 is 8.42 Å². The van der Waals surface area contributed by atoms with Crippen molar-refractivity contribution >= 4 is 26.9 Å². The lowest BCUT2D eigenvalue weighted by Gasteiger charge is -2.05. The fourth-order valence-corrected chi connectivity index (χ4v) is 3.74. The zero-order chi connectivity index (χ0) is 12.3. The van der Waals surface area contributed by atoms with Crippen LogP contribution in [0.4, 0.5) is 5.69 Å². The lowest BCUT2D eigenvalue weighted by atomic mass is 10.4. The van der Waals surface area contributed by atoms with Crippen molar-refractivity contribution in [2.75, 3.05) is 11.2 Å². The van der Waals surface area contributed by atoms with Crippen LogP contribution in [0.1, 0.15) is 4.88 Å². The van der Waals surface area contributed by atoms with Crippen molar-refractivity contribution in [1.82, 2.24) is 4.98 Å². The first-order valence-electron chi connectivity index (χ1n) is 5.01. The van der Waals surface area contributed by atoms with E-state index in [4.69, 9.17) is 0 Å². The molecule has 0 unspecified atom stereocenters. The van der Waals surface area contributed by atoms with E-state index in [1.807, 2.05) is 13.0 Å². The number of sulfone groups is 1. The quantitative estimate of drug-likeness (QED) is 0.924. The van der Waals surface area contributed by atoms with E-state index in [-0.39, 0.29) is 5.88 Å². The largest absolute Gasteiger partial charge is 0.370 e. The van der Waals surface area contributed by atoms with Gasteiger partial charge in [-0.15, -0.1) is 11.3 Å². The van der Waals surface area contributed by atoms with Gasteiger partial charge in [0.2, 0.25) is 9.84 Å². The summed E-state index contributed by atoms with van der Waals surface area (Å²) in [4.78, 5) is 4.90. The second kappa shape index (κ2) is 4.85. The Labute approximate surface area is 104 Å². The normalized spacial score (nSPS) is 11.4. The Morgan fingerprint density at radius 2 is 2.18 bits per heavy atom. The van der Waals surface area contributed by atoms with Gasteiger partial charge in [-0.05, 0) is 31.2 Å². The van der Waals surface area contributed by atoms with Crippen LogP contribution in [0.2, 0.25) is 0 Å². The molecule has 2 aromatic heterocycles. The van der Waals surface area contributed by atoms with Crippen LogP contribution in [0.5, 0.6) is 0 Å². The number of nitrogens with zero attached hydrogens (tertiary/aromatic N) is 1. The van der Waals surface area contributed by atoms with Crippen LogP contribution in [0, 0.1) is 6.92 Å². The molecule has 0 bridgehead atoms. The molecule has 0 aromatic carbocycles. The second-order valence-corrected chi connectivity index (χ2v) is 7.05. The molecule has 0 radical (unpaired) electrons. The van der Waals surface area contributed by atoms with Gasteiger partial charge in [-0.25, -0.2) is 8.42 Å². The van der Waals surface area contributed by atoms with Crippen molar-refractivity contribution in [3.05, 3.63) is 41.5 Å². The fraction of sp³-hybridized carbons (Fsp3) is 0.182. The molecule has 0 aliphatic heterocycles. The average Bonchev–Trinajstić information content (AvgIpc) is 2.76. The van der Waals surface area contributed by atoms with Gasteiger partial charge in [-0.1, -0.05) is 0 Å². The SMILES string of the molecule is Cc1ccc(S(=O)(=O)CNc2cccnc2)s1. The summed E-state index contributed by atoms with van der Waals surface area (Å²) < 4.78 is 24.3. The van der Waals surface area contributed by atoms with E-state index in [0.29, 0.717) is 9.90 Å². The second-order valence-electron chi connectivity index (χ2n) is 3.54. The van der Waals surface area contributed by atoms with Crippen molar-refractivity contribution in [2.24, 2.45) is 0 Å². The van der Waals surface area contributed by atoms with Gasteiger partial charge >= 0.3 is 0 Å². The molecule has 1 N–H and O–H groups in total. The van der Waals surface area contributed by atoms with Crippen molar-refractivity contribution in [3.8, 4) is 0 Å². The third-order valence-electron chi connectivity index (χ3n) is 2.15. The number of nitrogens with one attached hydrogen (secondary N) is 1. The Hall–Kier alpha value is -1.40. The van der Waals surface area contributed by atoms with Crippen LogP contribution in [0.3, 0.4) is 0 Å². The third-order valence-corrected chi connectivity index (χ3v) is 5.23. The standard InChI is InChI=1S/C11H12N2O2S2/c1-9-4-5-11(16-9)17(14,15)8-13-10-3-2-6-12-7-10/h2-7,13H,8H2,1H3. The zero-order valence-corrected chi connectivity index (χ0v) is 10.9. The number of aryl methyl sites for hydroxylation is 1. The molecule has 0 amide bonds. The predicted molar refractivity (Wildman–Crippen MR) is 69.0 cm³/mol. The molecule has 0 aliphatic carbocycles. The van der Waals surface area contributed by atoms with Crippen LogP contribution in [-0.4, -0.2) is 19.3 Å². The molecule has 0 saturated heterocycles. The van der Waals surface area contributed by atoms with Gasteiger partial charge in [0, 0.05) is 17.3 Å². The van der Waals surface area contributed by atoms with Crippen LogP contribution >= 0.6 is 11.3 Å². The summed E-state index contributed by atoms with van der Waals surface area (Å²) in [5.74, 6) is -0.112. The third kappa shape index (κ3) is 3.04. The van der Waals surface area contributed by atoms with E-state index in [1.165, 1.54) is 11.3 Å². The maximum absolute atomic E-state index is 11.9. The monoisotopic (exact) mass is 268 g/mol. The molecule has 2 heterocycles. The Kier molecular flexibility index (Phi) is 3.44. The molecule has 17 heavy (non-hydrogen) atoms. The molecule has 0 aliphatic rings. The first-order valence-corrected chi connectivity index (χ1v) is 7.48. The van der Waals surface area contributed by atoms with E-state index in [1.54, 1.807) is 30.6 Å². The summed E-state index contributed by atoms with van der Waals surface area (Å²) in [5, 5.41) is 2.85. The number of pyridine rings is 1. The van der Waals surface area contributed by atoms with Gasteiger partial charge in [0.05, 0.1) is 5.69 Å². The number of thiophene rings is 1. The topological polar surface area (TPSA) is 59.1 Å². The zero-order valence-electron chi connectivity index (χ0n) is 9.25. The lowest BCUT2D eigenvalue weighted by molar-refractivity contribution is 0.599. The molecule has 2 aromatic rings. The molecule has 6 heteroatoms. The minimum Gasteiger partial charge on any atom is -0.370 e. The van der Waals surface area contributed by atoms with Gasteiger partial charge in [0.25, 0.3) is 0 Å². The average molecular weight is 268 g/mol. The highest BCUT2D eigenvalue weighted by Crippen LogP contribution is 2.21. The Morgan fingerprint density at radius 1 is 1.35 bits per heavy atom. The highest BCUT2D eigenvalue weighted by atomic mass is 32.2. The Bertz CT molecular complexity index is 591. The maximum Gasteiger partial charge on any atom is 0.205 e. The highest BCUT2D eigenvalue weighted by Gasteiger charge is 2.15. The van der Waals surface area contributed by atoms with Gasteiger partial charge < -0.3 is 5.32 Å². The number of anilines is 1. The lowest BCUT2D eigenvalue weighted by Crippen LogP contribution is -2.13. The van der Waals surface area contributed by atoms with Crippen LogP contribution in [0.15, 0.2) is 40.9 Å². The minimum absolute atomic E-state index is 0.112. The smallest absolute Gasteiger partial charge is 0.205 e. The Balaban J connectivity index is 2.09. The number of rotatable bonds is 4. The van der Waals surface area contributed by atoms with Crippen LogP contribution in [0.25, 0.3) is 0 Å². The van der Waals surface area contributed by atoms with Crippen molar-refractivity contribution in [2.45, 2.75) is 11.1 Å². The summed E-state index contributed by atoms with van der Waals surface area (Å²) in [6.07, 6.45) is 3.23. The number of hydrogen-bond acceptors (Lipinski definition) is 5. The van der Waals surface area contributed by atoms with Crippen LogP contribution < -0.4 is 5.32 Å². The molecule has 0 saturated carbocycles. The molecule has 0 fully saturated rings. The molecular formula is C11H12N2O2S2. The summed E-state index contributed by atoms with van der Waals surface area (Å²) in [6, 6.07) is 6.98. The summed E-state index contributed by atoms with van der Waals surface area (Å²) >= 11 is 1.29. The van der Waals surface area contributed by atoms with E-state index in [0.717, 1.165) is 4.88 Å². The van der Waals surface area contributed by atoms with E-state index < -0.39 is 9.84 Å². The molecule has 4 nitrogen and oxygen atoms in total. The number of aromatic nitrogens is 1. The summed E-state index contributed by atoms with van der Waals surface area (Å²) in [5.41, 5.74) is 0.698. The van der Waals surface area contributed by atoms with E-state index >= 15 is 0 Å². The fourth-order valence-electron chi connectivity index (χ4n) is 1.30. The first-order chi connectivity index (χ1) is 8.08. The van der Waals surface area contributed by atoms with Gasteiger partial charge in [0.15, 0.2) is 0 Å². The van der Waals surface area contributed by atoms with Crippen molar-refractivity contribution in [1.29, 1.82) is 0 Å². The highest BCUT2D eigenvalue weighted by molar-refractivity contribution is 7.93. The van der Waals surface area contributed by atoms with Gasteiger partial charge in [0.1, 0.15) is 10.1 Å². The number of hydrogen-bond donors (Lipinski definition) is 1. The van der Waals surface area contributed by atoms with Crippen molar-refractivity contribution in [3.63, 3.8) is 0 Å². The first kappa shape index (κ1) is 12.1. The van der Waals surface area contributed by atoms with Gasteiger partial charge in [-0.3, -0.25) is 4.98 Å². The molecule has 0 spiro atoms. The molecule has 0 atom stereocenters. The minimum atomic E-state index is -3.26. The molecule has 90 valence electrons. The molecule has 2 rings (SSSR count). The van der Waals surface area contributed by atoms with E-state index in [2.05, 4.69) is 10.3 Å².